The highest BCUT2D eigenvalue weighted by atomic mass is 16.4. The maximum absolute atomic E-state index is 12.0. The van der Waals surface area contributed by atoms with Crippen LogP contribution in [0, 0.1) is 0 Å². The van der Waals surface area contributed by atoms with Gasteiger partial charge in [-0.15, -0.1) is 0 Å². The van der Waals surface area contributed by atoms with Gasteiger partial charge in [-0.25, -0.2) is 9.59 Å². The molecular formula is C11H17N3O6. The van der Waals surface area contributed by atoms with E-state index in [2.05, 4.69) is 10.6 Å². The van der Waals surface area contributed by atoms with Crippen LogP contribution in [0.1, 0.15) is 20.8 Å². The van der Waals surface area contributed by atoms with Crippen LogP contribution >= 0.6 is 0 Å². The highest BCUT2D eigenvalue weighted by Gasteiger charge is 2.44. The van der Waals surface area contributed by atoms with E-state index in [9.17, 15) is 24.3 Å². The maximum atomic E-state index is 12.0. The third-order valence-corrected chi connectivity index (χ3v) is 3.07. The number of carboxylic acid groups (broad SMARTS) is 1. The van der Waals surface area contributed by atoms with E-state index < -0.39 is 41.5 Å². The van der Waals surface area contributed by atoms with Crippen molar-refractivity contribution in [3.63, 3.8) is 0 Å². The molecule has 1 aliphatic heterocycles. The molecule has 0 spiro atoms. The van der Waals surface area contributed by atoms with Crippen molar-refractivity contribution in [1.29, 1.82) is 0 Å². The van der Waals surface area contributed by atoms with Gasteiger partial charge < -0.3 is 20.4 Å². The lowest BCUT2D eigenvalue weighted by molar-refractivity contribution is -0.156. The number of nitrogens with one attached hydrogen (secondary N) is 2. The number of imide groups is 1. The molecular weight excluding hydrogens is 270 g/mol. The smallest absolute Gasteiger partial charge is 0.337 e. The molecule has 9 heteroatoms. The van der Waals surface area contributed by atoms with E-state index in [1.54, 1.807) is 0 Å². The van der Waals surface area contributed by atoms with E-state index >= 15 is 0 Å². The molecule has 1 aliphatic rings. The molecule has 0 bridgehead atoms. The van der Waals surface area contributed by atoms with Gasteiger partial charge in [0.1, 0.15) is 12.1 Å². The van der Waals surface area contributed by atoms with Gasteiger partial charge in [-0.3, -0.25) is 14.9 Å². The summed E-state index contributed by atoms with van der Waals surface area (Å²) in [5.41, 5.74) is -3.39. The fourth-order valence-corrected chi connectivity index (χ4v) is 1.53. The molecule has 1 rings (SSSR count). The van der Waals surface area contributed by atoms with Gasteiger partial charge in [0.15, 0.2) is 5.60 Å². The van der Waals surface area contributed by atoms with Crippen LogP contribution in [0.3, 0.4) is 0 Å². The summed E-state index contributed by atoms with van der Waals surface area (Å²) < 4.78 is 0. The minimum Gasteiger partial charge on any atom is -0.479 e. The number of hydrogen-bond donors (Lipinski definition) is 4. The number of carbonyl (C=O) groups is 4. The number of carbonyl (C=O) groups excluding carboxylic acids is 3. The van der Waals surface area contributed by atoms with E-state index in [1.165, 1.54) is 13.8 Å². The molecule has 0 aromatic rings. The molecule has 1 atom stereocenters. The molecule has 4 amide bonds. The van der Waals surface area contributed by atoms with E-state index in [1.807, 2.05) is 0 Å². The standard InChI is InChI=1S/C11H17N3O6/c1-10(2)7(16)13-6(15)4-14(10)9(19)12-5-11(3,20)8(17)18/h20H,4-5H2,1-3H3,(H,12,19)(H,17,18)(H,13,15,16). The molecule has 1 unspecified atom stereocenters. The Labute approximate surface area is 114 Å². The van der Waals surface area contributed by atoms with Gasteiger partial charge in [0.2, 0.25) is 5.91 Å². The van der Waals surface area contributed by atoms with Gasteiger partial charge in [-0.05, 0) is 20.8 Å². The zero-order valence-corrected chi connectivity index (χ0v) is 11.4. The average molecular weight is 287 g/mol. The Hall–Kier alpha value is -2.16. The molecule has 0 aliphatic carbocycles. The molecule has 1 fully saturated rings. The molecule has 20 heavy (non-hydrogen) atoms. The summed E-state index contributed by atoms with van der Waals surface area (Å²) in [4.78, 5) is 46.6. The molecule has 0 aromatic heterocycles. The fourth-order valence-electron chi connectivity index (χ4n) is 1.53. The lowest BCUT2D eigenvalue weighted by Crippen LogP contribution is -2.67. The molecule has 1 heterocycles. The Morgan fingerprint density at radius 3 is 2.50 bits per heavy atom. The number of urea groups is 1. The van der Waals surface area contributed by atoms with E-state index in [0.29, 0.717) is 0 Å². The first-order valence-corrected chi connectivity index (χ1v) is 5.84. The zero-order valence-electron chi connectivity index (χ0n) is 11.4. The van der Waals surface area contributed by atoms with Crippen molar-refractivity contribution in [2.75, 3.05) is 13.1 Å². The van der Waals surface area contributed by atoms with E-state index in [-0.39, 0.29) is 6.54 Å². The van der Waals surface area contributed by atoms with E-state index in [0.717, 1.165) is 11.8 Å². The minimum atomic E-state index is -2.14. The monoisotopic (exact) mass is 287 g/mol. The van der Waals surface area contributed by atoms with Crippen LogP contribution in [0.4, 0.5) is 4.79 Å². The Morgan fingerprint density at radius 2 is 2.00 bits per heavy atom. The fraction of sp³-hybridized carbons (Fsp3) is 0.636. The minimum absolute atomic E-state index is 0.334. The number of rotatable bonds is 3. The van der Waals surface area contributed by atoms with Crippen LogP contribution in [0.5, 0.6) is 0 Å². The SMILES string of the molecule is CC(O)(CNC(=O)N1CC(=O)NC(=O)C1(C)C)C(=O)O. The van der Waals surface area contributed by atoms with Gasteiger partial charge >= 0.3 is 12.0 Å². The highest BCUT2D eigenvalue weighted by Crippen LogP contribution is 2.18. The number of aliphatic hydroxyl groups is 1. The van der Waals surface area contributed by atoms with Gasteiger partial charge in [-0.1, -0.05) is 0 Å². The number of carboxylic acids is 1. The van der Waals surface area contributed by atoms with Gasteiger partial charge in [0.05, 0.1) is 6.54 Å². The lowest BCUT2D eigenvalue weighted by atomic mass is 9.99. The van der Waals surface area contributed by atoms with Crippen LogP contribution in [0.2, 0.25) is 0 Å². The number of aliphatic carboxylic acids is 1. The second kappa shape index (κ2) is 5.08. The Kier molecular flexibility index (Phi) is 4.04. The molecule has 0 radical (unpaired) electrons. The first-order valence-electron chi connectivity index (χ1n) is 5.84. The average Bonchev–Trinajstić information content (AvgIpc) is 2.31. The molecule has 112 valence electrons. The largest absolute Gasteiger partial charge is 0.479 e. The van der Waals surface area contributed by atoms with Crippen molar-refractivity contribution in [3.05, 3.63) is 0 Å². The number of amides is 4. The van der Waals surface area contributed by atoms with Crippen LogP contribution in [0.25, 0.3) is 0 Å². The summed E-state index contributed by atoms with van der Waals surface area (Å²) in [6.07, 6.45) is 0. The number of hydrogen-bond acceptors (Lipinski definition) is 5. The van der Waals surface area contributed by atoms with Crippen molar-refractivity contribution in [2.24, 2.45) is 0 Å². The molecule has 9 nitrogen and oxygen atoms in total. The first-order chi connectivity index (χ1) is 8.98. The molecule has 0 saturated carbocycles. The van der Waals surface area contributed by atoms with Gasteiger partial charge in [0, 0.05) is 0 Å². The van der Waals surface area contributed by atoms with Crippen molar-refractivity contribution < 1.29 is 29.4 Å². The second-order valence-corrected chi connectivity index (χ2v) is 5.26. The summed E-state index contributed by atoms with van der Waals surface area (Å²) in [6.45, 7) is 3.03. The van der Waals surface area contributed by atoms with Crippen molar-refractivity contribution in [2.45, 2.75) is 31.9 Å². The second-order valence-electron chi connectivity index (χ2n) is 5.26. The highest BCUT2D eigenvalue weighted by molar-refractivity contribution is 6.06. The predicted molar refractivity (Wildman–Crippen MR) is 65.6 cm³/mol. The summed E-state index contributed by atoms with van der Waals surface area (Å²) in [5, 5.41) is 22.5. The van der Waals surface area contributed by atoms with E-state index in [4.69, 9.17) is 5.11 Å². The summed E-state index contributed by atoms with van der Waals surface area (Å²) in [6, 6.07) is -0.806. The summed E-state index contributed by atoms with van der Waals surface area (Å²) in [5.74, 6) is -2.76. The molecule has 4 N–H and O–H groups in total. The lowest BCUT2D eigenvalue weighted by Gasteiger charge is -2.40. The van der Waals surface area contributed by atoms with Crippen LogP contribution < -0.4 is 10.6 Å². The summed E-state index contributed by atoms with van der Waals surface area (Å²) >= 11 is 0. The molecule has 1 saturated heterocycles. The van der Waals surface area contributed by atoms with Crippen LogP contribution in [-0.2, 0) is 14.4 Å². The van der Waals surface area contributed by atoms with Gasteiger partial charge in [0.25, 0.3) is 5.91 Å². The van der Waals surface area contributed by atoms with Crippen molar-refractivity contribution in [3.8, 4) is 0 Å². The normalized spacial score (nSPS) is 20.9. The van der Waals surface area contributed by atoms with Crippen molar-refractivity contribution >= 4 is 23.8 Å². The Bertz CT molecular complexity index is 471. The van der Waals surface area contributed by atoms with Crippen LogP contribution in [0.15, 0.2) is 0 Å². The van der Waals surface area contributed by atoms with Crippen molar-refractivity contribution in [1.82, 2.24) is 15.5 Å². The Morgan fingerprint density at radius 1 is 1.45 bits per heavy atom. The zero-order chi connectivity index (χ0) is 15.7. The van der Waals surface area contributed by atoms with Crippen LogP contribution in [-0.4, -0.2) is 63.2 Å². The maximum Gasteiger partial charge on any atom is 0.337 e. The van der Waals surface area contributed by atoms with Gasteiger partial charge in [-0.2, -0.15) is 0 Å². The third kappa shape index (κ3) is 3.05. The molecule has 0 aromatic carbocycles. The predicted octanol–water partition coefficient (Wildman–Crippen LogP) is -1.73. The summed E-state index contributed by atoms with van der Waals surface area (Å²) in [7, 11) is 0. The third-order valence-electron chi connectivity index (χ3n) is 3.07. The number of nitrogens with zero attached hydrogens (tertiary/aromatic N) is 1. The first kappa shape index (κ1) is 15.9. The Balaban J connectivity index is 2.78. The topological polar surface area (TPSA) is 136 Å². The quantitative estimate of drug-likeness (QED) is 0.455. The number of piperazine rings is 1.